The molecule has 23 heavy (non-hydrogen) atoms. The highest BCUT2D eigenvalue weighted by Gasteiger charge is 2.05. The number of nitrogens with zero attached hydrogens (tertiary/aromatic N) is 1. The van der Waals surface area contributed by atoms with Crippen molar-refractivity contribution in [2.24, 2.45) is 0 Å². The molecule has 1 heterocycles. The molecular formula is C20H17N3. The number of aromatic nitrogens is 2. The first-order valence-corrected chi connectivity index (χ1v) is 7.67. The molecule has 3 nitrogen and oxygen atoms in total. The largest absolute Gasteiger partial charge is 0.355 e. The first-order chi connectivity index (χ1) is 11.3. The molecule has 1 aromatic heterocycles. The summed E-state index contributed by atoms with van der Waals surface area (Å²) in [6, 6.07) is 24.7. The quantitative estimate of drug-likeness (QED) is 0.540. The molecule has 0 saturated heterocycles. The third kappa shape index (κ3) is 2.81. The van der Waals surface area contributed by atoms with Crippen molar-refractivity contribution in [2.45, 2.75) is 6.92 Å². The lowest BCUT2D eigenvalue weighted by molar-refractivity contribution is 1.34. The molecule has 0 aliphatic carbocycles. The normalized spacial score (nSPS) is 10.8. The van der Waals surface area contributed by atoms with Gasteiger partial charge in [-0.2, -0.15) is 0 Å². The molecule has 3 aromatic carbocycles. The highest BCUT2D eigenvalue weighted by atomic mass is 14.9. The Kier molecular flexibility index (Phi) is 3.31. The maximum Gasteiger partial charge on any atom is 0.138 e. The second-order valence-corrected chi connectivity index (χ2v) is 5.67. The lowest BCUT2D eigenvalue weighted by Gasteiger charge is -2.06. The molecule has 0 amide bonds. The van der Waals surface area contributed by atoms with Crippen molar-refractivity contribution in [2.75, 3.05) is 5.32 Å². The van der Waals surface area contributed by atoms with E-state index in [-0.39, 0.29) is 0 Å². The van der Waals surface area contributed by atoms with Crippen LogP contribution in [0.4, 0.5) is 11.4 Å². The van der Waals surface area contributed by atoms with Gasteiger partial charge in [0.1, 0.15) is 5.82 Å². The zero-order valence-corrected chi connectivity index (χ0v) is 12.9. The van der Waals surface area contributed by atoms with Crippen LogP contribution in [0.1, 0.15) is 5.56 Å². The number of nitrogens with one attached hydrogen (secondary N) is 2. The number of fused-ring (bicyclic) bond motifs is 1. The van der Waals surface area contributed by atoms with E-state index < -0.39 is 0 Å². The first-order valence-electron chi connectivity index (χ1n) is 7.67. The van der Waals surface area contributed by atoms with Crippen molar-refractivity contribution < 1.29 is 0 Å². The van der Waals surface area contributed by atoms with Gasteiger partial charge in [-0.3, -0.25) is 0 Å². The fourth-order valence-corrected chi connectivity index (χ4v) is 2.62. The molecule has 0 aliphatic heterocycles. The number of anilines is 2. The summed E-state index contributed by atoms with van der Waals surface area (Å²) >= 11 is 0. The van der Waals surface area contributed by atoms with Crippen LogP contribution in [0.3, 0.4) is 0 Å². The van der Waals surface area contributed by atoms with Crippen LogP contribution in [0.25, 0.3) is 22.4 Å². The van der Waals surface area contributed by atoms with Gasteiger partial charge in [0.15, 0.2) is 0 Å². The van der Waals surface area contributed by atoms with Crippen molar-refractivity contribution in [3.63, 3.8) is 0 Å². The Balaban J connectivity index is 1.66. The van der Waals surface area contributed by atoms with E-state index in [2.05, 4.69) is 70.7 Å². The van der Waals surface area contributed by atoms with Crippen LogP contribution in [-0.4, -0.2) is 9.97 Å². The number of imidazole rings is 1. The Morgan fingerprint density at radius 3 is 2.35 bits per heavy atom. The van der Waals surface area contributed by atoms with Gasteiger partial charge in [0.25, 0.3) is 0 Å². The number of hydrogen-bond acceptors (Lipinski definition) is 2. The molecule has 4 aromatic rings. The molecule has 112 valence electrons. The molecule has 0 saturated carbocycles. The van der Waals surface area contributed by atoms with E-state index in [9.17, 15) is 0 Å². The Bertz CT molecular complexity index is 938. The molecule has 0 bridgehead atoms. The fourth-order valence-electron chi connectivity index (χ4n) is 2.62. The Morgan fingerprint density at radius 2 is 1.57 bits per heavy atom. The lowest BCUT2D eigenvalue weighted by atomic mass is 10.2. The SMILES string of the molecule is Cc1ccc(Nc2ccc3nc(-c4ccccc4)[nH]c3c2)cc1. The summed E-state index contributed by atoms with van der Waals surface area (Å²) < 4.78 is 0. The van der Waals surface area contributed by atoms with Gasteiger partial charge < -0.3 is 10.3 Å². The third-order valence-electron chi connectivity index (χ3n) is 3.87. The van der Waals surface area contributed by atoms with E-state index in [0.717, 1.165) is 33.8 Å². The highest BCUT2D eigenvalue weighted by Crippen LogP contribution is 2.24. The van der Waals surface area contributed by atoms with Crippen LogP contribution < -0.4 is 5.32 Å². The van der Waals surface area contributed by atoms with Gasteiger partial charge in [-0.15, -0.1) is 0 Å². The number of H-pyrrole nitrogens is 1. The van der Waals surface area contributed by atoms with Crippen molar-refractivity contribution in [1.29, 1.82) is 0 Å². The fraction of sp³-hybridized carbons (Fsp3) is 0.0500. The van der Waals surface area contributed by atoms with Crippen molar-refractivity contribution in [1.82, 2.24) is 9.97 Å². The Labute approximate surface area is 135 Å². The Morgan fingerprint density at radius 1 is 0.826 bits per heavy atom. The van der Waals surface area contributed by atoms with Gasteiger partial charge in [-0.25, -0.2) is 4.98 Å². The maximum atomic E-state index is 4.66. The number of benzene rings is 3. The smallest absolute Gasteiger partial charge is 0.138 e. The lowest BCUT2D eigenvalue weighted by Crippen LogP contribution is -1.89. The zero-order chi connectivity index (χ0) is 15.6. The molecule has 0 aliphatic rings. The van der Waals surface area contributed by atoms with E-state index >= 15 is 0 Å². The number of hydrogen-bond donors (Lipinski definition) is 2. The van der Waals surface area contributed by atoms with Gasteiger partial charge in [-0.1, -0.05) is 48.0 Å². The average Bonchev–Trinajstić information content (AvgIpc) is 3.01. The monoisotopic (exact) mass is 299 g/mol. The summed E-state index contributed by atoms with van der Waals surface area (Å²) in [4.78, 5) is 8.06. The van der Waals surface area contributed by atoms with Crippen LogP contribution in [0.2, 0.25) is 0 Å². The minimum Gasteiger partial charge on any atom is -0.355 e. The number of aromatic amines is 1. The zero-order valence-electron chi connectivity index (χ0n) is 12.9. The predicted molar refractivity (Wildman–Crippen MR) is 96.0 cm³/mol. The summed E-state index contributed by atoms with van der Waals surface area (Å²) in [5, 5.41) is 3.42. The first kappa shape index (κ1) is 13.6. The van der Waals surface area contributed by atoms with Crippen molar-refractivity contribution >= 4 is 22.4 Å². The summed E-state index contributed by atoms with van der Waals surface area (Å²) in [7, 11) is 0. The van der Waals surface area contributed by atoms with Crippen molar-refractivity contribution in [3.05, 3.63) is 78.4 Å². The number of aryl methyl sites for hydroxylation is 1. The van der Waals surface area contributed by atoms with E-state index in [1.54, 1.807) is 0 Å². The molecule has 2 N–H and O–H groups in total. The molecule has 0 atom stereocenters. The molecule has 0 spiro atoms. The van der Waals surface area contributed by atoms with Gasteiger partial charge in [0, 0.05) is 16.9 Å². The van der Waals surface area contributed by atoms with Crippen LogP contribution >= 0.6 is 0 Å². The van der Waals surface area contributed by atoms with Gasteiger partial charge in [-0.05, 0) is 37.3 Å². The summed E-state index contributed by atoms with van der Waals surface area (Å²) in [6.07, 6.45) is 0. The maximum absolute atomic E-state index is 4.66. The average molecular weight is 299 g/mol. The van der Waals surface area contributed by atoms with Gasteiger partial charge in [0.2, 0.25) is 0 Å². The van der Waals surface area contributed by atoms with E-state index in [4.69, 9.17) is 0 Å². The van der Waals surface area contributed by atoms with E-state index in [0.29, 0.717) is 0 Å². The second kappa shape index (κ2) is 5.61. The molecule has 0 unspecified atom stereocenters. The summed E-state index contributed by atoms with van der Waals surface area (Å²) in [6.45, 7) is 2.09. The molecule has 0 radical (unpaired) electrons. The molecule has 3 heteroatoms. The number of rotatable bonds is 3. The van der Waals surface area contributed by atoms with E-state index in [1.807, 2.05) is 24.3 Å². The van der Waals surface area contributed by atoms with Crippen LogP contribution in [0.5, 0.6) is 0 Å². The van der Waals surface area contributed by atoms with Gasteiger partial charge >= 0.3 is 0 Å². The van der Waals surface area contributed by atoms with E-state index in [1.165, 1.54) is 5.56 Å². The highest BCUT2D eigenvalue weighted by molar-refractivity contribution is 5.83. The minimum absolute atomic E-state index is 0.896. The van der Waals surface area contributed by atoms with Crippen LogP contribution in [0, 0.1) is 6.92 Å². The standard InChI is InChI=1S/C20H17N3/c1-14-7-9-16(10-8-14)21-17-11-12-18-19(13-17)23-20(22-18)15-5-3-2-4-6-15/h2-13,21H,1H3,(H,22,23). The molecule has 0 fully saturated rings. The third-order valence-corrected chi connectivity index (χ3v) is 3.87. The minimum atomic E-state index is 0.896. The van der Waals surface area contributed by atoms with Gasteiger partial charge in [0.05, 0.1) is 11.0 Å². The van der Waals surface area contributed by atoms with Crippen LogP contribution in [-0.2, 0) is 0 Å². The molecular weight excluding hydrogens is 282 g/mol. The molecule has 4 rings (SSSR count). The summed E-state index contributed by atoms with van der Waals surface area (Å²) in [5.41, 5.74) is 6.48. The second-order valence-electron chi connectivity index (χ2n) is 5.67. The Hall–Kier alpha value is -3.07. The van der Waals surface area contributed by atoms with Crippen molar-refractivity contribution in [3.8, 4) is 11.4 Å². The van der Waals surface area contributed by atoms with Crippen LogP contribution in [0.15, 0.2) is 72.8 Å². The topological polar surface area (TPSA) is 40.7 Å². The summed E-state index contributed by atoms with van der Waals surface area (Å²) in [5.74, 6) is 0.896. The predicted octanol–water partition coefficient (Wildman–Crippen LogP) is 5.28.